The van der Waals surface area contributed by atoms with Crippen molar-refractivity contribution in [3.05, 3.63) is 29.6 Å². The first-order valence-corrected chi connectivity index (χ1v) is 7.44. The van der Waals surface area contributed by atoms with E-state index in [1.165, 1.54) is 0 Å². The number of carbonyl (C=O) groups is 1. The van der Waals surface area contributed by atoms with Gasteiger partial charge >= 0.3 is 5.97 Å². The molecule has 1 heterocycles. The van der Waals surface area contributed by atoms with E-state index in [1.54, 1.807) is 12.1 Å². The minimum Gasteiger partial charge on any atom is -0.478 e. The van der Waals surface area contributed by atoms with Gasteiger partial charge in [0.15, 0.2) is 0 Å². The molecular weight excluding hydrogens is 264 g/mol. The molecule has 1 N–H and O–H groups in total. The molecular formula is C17H24N2O2. The van der Waals surface area contributed by atoms with Crippen molar-refractivity contribution in [3.63, 3.8) is 0 Å². The topological polar surface area (TPSA) is 55.1 Å². The van der Waals surface area contributed by atoms with Gasteiger partial charge < -0.3 is 9.67 Å². The van der Waals surface area contributed by atoms with Crippen molar-refractivity contribution in [1.82, 2.24) is 9.55 Å². The van der Waals surface area contributed by atoms with Crippen molar-refractivity contribution >= 4 is 17.0 Å². The van der Waals surface area contributed by atoms with Crippen molar-refractivity contribution in [2.45, 2.75) is 53.0 Å². The number of hydrogen-bond acceptors (Lipinski definition) is 2. The van der Waals surface area contributed by atoms with Gasteiger partial charge in [-0.15, -0.1) is 0 Å². The highest BCUT2D eigenvalue weighted by Gasteiger charge is 2.23. The highest BCUT2D eigenvalue weighted by Crippen LogP contribution is 2.27. The van der Waals surface area contributed by atoms with Crippen molar-refractivity contribution in [3.8, 4) is 0 Å². The molecule has 4 nitrogen and oxygen atoms in total. The second-order valence-electron chi connectivity index (χ2n) is 7.03. The third-order valence-electron chi connectivity index (χ3n) is 3.60. The van der Waals surface area contributed by atoms with Gasteiger partial charge in [-0.05, 0) is 30.5 Å². The lowest BCUT2D eigenvalue weighted by atomic mass is 9.95. The molecule has 2 rings (SSSR count). The maximum atomic E-state index is 11.1. The van der Waals surface area contributed by atoms with Gasteiger partial charge in [0.1, 0.15) is 5.82 Å². The molecule has 1 aromatic heterocycles. The number of carboxylic acids is 1. The van der Waals surface area contributed by atoms with Crippen LogP contribution in [-0.2, 0) is 12.0 Å². The first kappa shape index (κ1) is 15.5. The molecule has 114 valence electrons. The predicted molar refractivity (Wildman–Crippen MR) is 84.8 cm³/mol. The third-order valence-corrected chi connectivity index (χ3v) is 3.60. The summed E-state index contributed by atoms with van der Waals surface area (Å²) in [6.07, 6.45) is 1.08. The highest BCUT2D eigenvalue weighted by molar-refractivity contribution is 5.92. The summed E-state index contributed by atoms with van der Waals surface area (Å²) in [5.74, 6) is 0.722. The largest absolute Gasteiger partial charge is 0.478 e. The number of nitrogens with zero attached hydrogens (tertiary/aromatic N) is 2. The van der Waals surface area contributed by atoms with E-state index in [0.29, 0.717) is 5.92 Å². The van der Waals surface area contributed by atoms with E-state index in [1.807, 2.05) is 6.07 Å². The standard InChI is InChI=1S/C17H24N2O2/c1-11(2)8-9-19-14-7-6-12(15(20)21)10-13(14)18-16(19)17(3,4)5/h6-7,10-11H,8-9H2,1-5H3,(H,20,21). The molecule has 0 saturated carbocycles. The molecule has 0 bridgehead atoms. The van der Waals surface area contributed by atoms with Crippen molar-refractivity contribution in [2.24, 2.45) is 5.92 Å². The average Bonchev–Trinajstić information content (AvgIpc) is 2.73. The summed E-state index contributed by atoms with van der Waals surface area (Å²) in [4.78, 5) is 15.8. The smallest absolute Gasteiger partial charge is 0.335 e. The Balaban J connectivity index is 2.58. The predicted octanol–water partition coefficient (Wildman–Crippen LogP) is 4.08. The Morgan fingerprint density at radius 3 is 2.52 bits per heavy atom. The molecule has 21 heavy (non-hydrogen) atoms. The molecule has 0 aliphatic carbocycles. The van der Waals surface area contributed by atoms with Crippen LogP contribution in [-0.4, -0.2) is 20.6 Å². The second-order valence-corrected chi connectivity index (χ2v) is 7.03. The fraction of sp³-hybridized carbons (Fsp3) is 0.529. The molecule has 4 heteroatoms. The van der Waals surface area contributed by atoms with Gasteiger partial charge in [-0.1, -0.05) is 34.6 Å². The summed E-state index contributed by atoms with van der Waals surface area (Å²) in [5.41, 5.74) is 2.00. The molecule has 0 radical (unpaired) electrons. The summed E-state index contributed by atoms with van der Waals surface area (Å²) >= 11 is 0. The second kappa shape index (κ2) is 5.51. The van der Waals surface area contributed by atoms with Gasteiger partial charge in [-0.3, -0.25) is 0 Å². The quantitative estimate of drug-likeness (QED) is 0.922. The zero-order chi connectivity index (χ0) is 15.8. The summed E-state index contributed by atoms with van der Waals surface area (Å²) in [6.45, 7) is 11.7. The normalized spacial score (nSPS) is 12.3. The molecule has 0 amide bonds. The molecule has 0 aliphatic rings. The van der Waals surface area contributed by atoms with Gasteiger partial charge in [0, 0.05) is 12.0 Å². The van der Waals surface area contributed by atoms with Crippen LogP contribution in [0.3, 0.4) is 0 Å². The Hall–Kier alpha value is -1.84. The first-order valence-electron chi connectivity index (χ1n) is 7.44. The number of rotatable bonds is 4. The lowest BCUT2D eigenvalue weighted by molar-refractivity contribution is 0.0697. The first-order chi connectivity index (χ1) is 9.70. The van der Waals surface area contributed by atoms with Crippen LogP contribution < -0.4 is 0 Å². The van der Waals surface area contributed by atoms with E-state index in [-0.39, 0.29) is 11.0 Å². The minimum absolute atomic E-state index is 0.0701. The number of aromatic nitrogens is 2. The Labute approximate surface area is 125 Å². The number of carboxylic acid groups (broad SMARTS) is 1. The Kier molecular flexibility index (Phi) is 4.08. The summed E-state index contributed by atoms with van der Waals surface area (Å²) in [7, 11) is 0. The monoisotopic (exact) mass is 288 g/mol. The van der Waals surface area contributed by atoms with E-state index in [4.69, 9.17) is 10.1 Å². The highest BCUT2D eigenvalue weighted by atomic mass is 16.4. The van der Waals surface area contributed by atoms with Crippen LogP contribution in [0.4, 0.5) is 0 Å². The van der Waals surface area contributed by atoms with Crippen molar-refractivity contribution < 1.29 is 9.90 Å². The fourth-order valence-corrected chi connectivity index (χ4v) is 2.45. The molecule has 0 unspecified atom stereocenters. The van der Waals surface area contributed by atoms with Gasteiger partial charge in [0.05, 0.1) is 16.6 Å². The maximum Gasteiger partial charge on any atom is 0.335 e. The van der Waals surface area contributed by atoms with E-state index in [0.717, 1.165) is 29.8 Å². The van der Waals surface area contributed by atoms with Gasteiger partial charge in [-0.2, -0.15) is 0 Å². The third kappa shape index (κ3) is 3.26. The van der Waals surface area contributed by atoms with Gasteiger partial charge in [0.2, 0.25) is 0 Å². The molecule has 1 aromatic carbocycles. The molecule has 0 fully saturated rings. The zero-order valence-corrected chi connectivity index (χ0v) is 13.5. The Morgan fingerprint density at radius 2 is 2.00 bits per heavy atom. The van der Waals surface area contributed by atoms with Crippen LogP contribution in [0.15, 0.2) is 18.2 Å². The number of aromatic carboxylic acids is 1. The van der Waals surface area contributed by atoms with Crippen LogP contribution in [0.2, 0.25) is 0 Å². The van der Waals surface area contributed by atoms with Crippen LogP contribution in [0.1, 0.15) is 57.2 Å². The van der Waals surface area contributed by atoms with Gasteiger partial charge in [0.25, 0.3) is 0 Å². The zero-order valence-electron chi connectivity index (χ0n) is 13.5. The number of aryl methyl sites for hydroxylation is 1. The van der Waals surface area contributed by atoms with E-state index < -0.39 is 5.97 Å². The number of fused-ring (bicyclic) bond motifs is 1. The Bertz CT molecular complexity index is 663. The van der Waals surface area contributed by atoms with Gasteiger partial charge in [-0.25, -0.2) is 9.78 Å². The minimum atomic E-state index is -0.911. The van der Waals surface area contributed by atoms with E-state index >= 15 is 0 Å². The summed E-state index contributed by atoms with van der Waals surface area (Å²) in [6, 6.07) is 5.20. The maximum absolute atomic E-state index is 11.1. The number of imidazole rings is 1. The lowest BCUT2D eigenvalue weighted by Crippen LogP contribution is -2.19. The lowest BCUT2D eigenvalue weighted by Gasteiger charge is -2.20. The molecule has 0 spiro atoms. The van der Waals surface area contributed by atoms with Crippen LogP contribution in [0.5, 0.6) is 0 Å². The SMILES string of the molecule is CC(C)CCn1c(C(C)(C)C)nc2cc(C(=O)O)ccc21. The number of hydrogen-bond donors (Lipinski definition) is 1. The molecule has 0 saturated heterocycles. The van der Waals surface area contributed by atoms with E-state index in [2.05, 4.69) is 39.2 Å². The Morgan fingerprint density at radius 1 is 1.33 bits per heavy atom. The summed E-state index contributed by atoms with van der Waals surface area (Å²) in [5, 5.41) is 9.12. The average molecular weight is 288 g/mol. The van der Waals surface area contributed by atoms with Crippen LogP contribution in [0, 0.1) is 5.92 Å². The van der Waals surface area contributed by atoms with Crippen molar-refractivity contribution in [2.75, 3.05) is 0 Å². The molecule has 0 atom stereocenters. The summed E-state index contributed by atoms with van der Waals surface area (Å²) < 4.78 is 2.24. The van der Waals surface area contributed by atoms with E-state index in [9.17, 15) is 4.79 Å². The molecule has 2 aromatic rings. The van der Waals surface area contributed by atoms with Crippen molar-refractivity contribution in [1.29, 1.82) is 0 Å². The van der Waals surface area contributed by atoms with Crippen LogP contribution >= 0.6 is 0 Å². The van der Waals surface area contributed by atoms with Crippen LogP contribution in [0.25, 0.3) is 11.0 Å². The number of benzene rings is 1. The molecule has 0 aliphatic heterocycles. The fourth-order valence-electron chi connectivity index (χ4n) is 2.45.